The van der Waals surface area contributed by atoms with Crippen LogP contribution in [0.15, 0.2) is 53.5 Å². The van der Waals surface area contributed by atoms with Crippen molar-refractivity contribution < 1.29 is 9.47 Å². The van der Waals surface area contributed by atoms with Crippen molar-refractivity contribution in [3.8, 4) is 11.5 Å². The SMILES string of the molecule is O=c1cc(N2CCC[C@@H]2c2ccc3c(c2)OCCO3)nc2ccccn12. The molecule has 2 aliphatic heterocycles. The zero-order valence-corrected chi connectivity index (χ0v) is 14.3. The number of nitrogens with zero attached hydrogens (tertiary/aromatic N) is 3. The lowest BCUT2D eigenvalue weighted by Gasteiger charge is -2.27. The van der Waals surface area contributed by atoms with E-state index in [-0.39, 0.29) is 11.6 Å². The highest BCUT2D eigenvalue weighted by molar-refractivity contribution is 5.52. The summed E-state index contributed by atoms with van der Waals surface area (Å²) >= 11 is 0. The van der Waals surface area contributed by atoms with E-state index in [0.29, 0.717) is 18.9 Å². The summed E-state index contributed by atoms with van der Waals surface area (Å²) in [6.07, 6.45) is 3.83. The third-order valence-electron chi connectivity index (χ3n) is 5.06. The number of hydrogen-bond donors (Lipinski definition) is 0. The topological polar surface area (TPSA) is 56.1 Å². The summed E-state index contributed by atoms with van der Waals surface area (Å²) in [6.45, 7) is 2.05. The average molecular weight is 349 g/mol. The lowest BCUT2D eigenvalue weighted by Crippen LogP contribution is -2.26. The van der Waals surface area contributed by atoms with Gasteiger partial charge in [-0.25, -0.2) is 4.98 Å². The number of rotatable bonds is 2. The Kier molecular flexibility index (Phi) is 3.55. The van der Waals surface area contributed by atoms with Crippen LogP contribution in [-0.2, 0) is 0 Å². The van der Waals surface area contributed by atoms with Crippen molar-refractivity contribution in [2.75, 3.05) is 24.7 Å². The van der Waals surface area contributed by atoms with Crippen LogP contribution in [0.3, 0.4) is 0 Å². The molecule has 3 aromatic rings. The van der Waals surface area contributed by atoms with Crippen LogP contribution < -0.4 is 19.9 Å². The van der Waals surface area contributed by atoms with Crippen LogP contribution in [0, 0.1) is 0 Å². The Hall–Kier alpha value is -3.02. The monoisotopic (exact) mass is 349 g/mol. The molecule has 26 heavy (non-hydrogen) atoms. The Morgan fingerprint density at radius 1 is 1.04 bits per heavy atom. The lowest BCUT2D eigenvalue weighted by atomic mass is 10.0. The molecule has 0 bridgehead atoms. The van der Waals surface area contributed by atoms with E-state index in [1.807, 2.05) is 24.3 Å². The molecular weight excluding hydrogens is 330 g/mol. The van der Waals surface area contributed by atoms with Crippen LogP contribution in [0.5, 0.6) is 11.5 Å². The zero-order chi connectivity index (χ0) is 17.5. The summed E-state index contributed by atoms with van der Waals surface area (Å²) in [5, 5.41) is 0. The first kappa shape index (κ1) is 15.3. The van der Waals surface area contributed by atoms with Crippen LogP contribution in [0.25, 0.3) is 5.65 Å². The van der Waals surface area contributed by atoms with Gasteiger partial charge in [0, 0.05) is 18.8 Å². The minimum absolute atomic E-state index is 0.0570. The van der Waals surface area contributed by atoms with Gasteiger partial charge in [0.2, 0.25) is 0 Å². The van der Waals surface area contributed by atoms with E-state index in [4.69, 9.17) is 14.5 Å². The molecule has 1 atom stereocenters. The van der Waals surface area contributed by atoms with Crippen LogP contribution in [0.4, 0.5) is 5.82 Å². The molecule has 6 nitrogen and oxygen atoms in total. The molecule has 2 aliphatic rings. The van der Waals surface area contributed by atoms with E-state index in [9.17, 15) is 4.79 Å². The van der Waals surface area contributed by atoms with Crippen molar-refractivity contribution in [2.24, 2.45) is 0 Å². The molecule has 0 spiro atoms. The summed E-state index contributed by atoms with van der Waals surface area (Å²) in [7, 11) is 0. The predicted octanol–water partition coefficient (Wildman–Crippen LogP) is 2.81. The molecule has 0 unspecified atom stereocenters. The van der Waals surface area contributed by atoms with Gasteiger partial charge in [0.25, 0.3) is 5.56 Å². The van der Waals surface area contributed by atoms with E-state index in [0.717, 1.165) is 36.7 Å². The third-order valence-corrected chi connectivity index (χ3v) is 5.06. The van der Waals surface area contributed by atoms with Crippen molar-refractivity contribution in [3.05, 3.63) is 64.6 Å². The quantitative estimate of drug-likeness (QED) is 0.712. The minimum atomic E-state index is -0.0570. The van der Waals surface area contributed by atoms with Crippen molar-refractivity contribution >= 4 is 11.5 Å². The number of anilines is 1. The van der Waals surface area contributed by atoms with Gasteiger partial charge in [-0.2, -0.15) is 0 Å². The number of pyridine rings is 1. The van der Waals surface area contributed by atoms with E-state index >= 15 is 0 Å². The van der Waals surface area contributed by atoms with E-state index in [1.54, 1.807) is 16.7 Å². The maximum absolute atomic E-state index is 12.5. The molecule has 4 heterocycles. The largest absolute Gasteiger partial charge is 0.486 e. The van der Waals surface area contributed by atoms with Gasteiger partial charge in [0.15, 0.2) is 11.5 Å². The number of ether oxygens (including phenoxy) is 2. The Morgan fingerprint density at radius 3 is 2.85 bits per heavy atom. The van der Waals surface area contributed by atoms with Gasteiger partial charge in [0.1, 0.15) is 24.7 Å². The first-order valence-electron chi connectivity index (χ1n) is 8.94. The van der Waals surface area contributed by atoms with Crippen molar-refractivity contribution in [2.45, 2.75) is 18.9 Å². The maximum atomic E-state index is 12.5. The number of aromatic nitrogens is 2. The van der Waals surface area contributed by atoms with Gasteiger partial charge in [-0.15, -0.1) is 0 Å². The number of benzene rings is 1. The predicted molar refractivity (Wildman–Crippen MR) is 98.2 cm³/mol. The average Bonchev–Trinajstić information content (AvgIpc) is 3.17. The van der Waals surface area contributed by atoms with Crippen LogP contribution in [-0.4, -0.2) is 29.1 Å². The summed E-state index contributed by atoms with van der Waals surface area (Å²) in [4.78, 5) is 19.4. The Morgan fingerprint density at radius 2 is 1.92 bits per heavy atom. The fraction of sp³-hybridized carbons (Fsp3) is 0.300. The fourth-order valence-electron chi connectivity index (χ4n) is 3.84. The zero-order valence-electron chi connectivity index (χ0n) is 14.3. The first-order valence-corrected chi connectivity index (χ1v) is 8.94. The maximum Gasteiger partial charge on any atom is 0.259 e. The number of fused-ring (bicyclic) bond motifs is 2. The molecule has 0 saturated carbocycles. The van der Waals surface area contributed by atoms with E-state index in [1.165, 1.54) is 5.56 Å². The highest BCUT2D eigenvalue weighted by Gasteiger charge is 2.29. The van der Waals surface area contributed by atoms with Crippen molar-refractivity contribution in [1.82, 2.24) is 9.38 Å². The summed E-state index contributed by atoms with van der Waals surface area (Å²) in [5.74, 6) is 2.33. The molecular formula is C20H19N3O3. The lowest BCUT2D eigenvalue weighted by molar-refractivity contribution is 0.171. The van der Waals surface area contributed by atoms with Gasteiger partial charge >= 0.3 is 0 Å². The number of hydrogen-bond acceptors (Lipinski definition) is 5. The van der Waals surface area contributed by atoms with Gasteiger partial charge in [-0.1, -0.05) is 12.1 Å². The normalized spacial score (nSPS) is 19.1. The molecule has 1 aromatic carbocycles. The molecule has 6 heteroatoms. The van der Waals surface area contributed by atoms with E-state index < -0.39 is 0 Å². The molecule has 1 saturated heterocycles. The minimum Gasteiger partial charge on any atom is -0.486 e. The molecule has 132 valence electrons. The van der Waals surface area contributed by atoms with E-state index in [2.05, 4.69) is 17.0 Å². The molecule has 1 fully saturated rings. The fourth-order valence-corrected chi connectivity index (χ4v) is 3.84. The van der Waals surface area contributed by atoms with Crippen molar-refractivity contribution in [3.63, 3.8) is 0 Å². The highest BCUT2D eigenvalue weighted by atomic mass is 16.6. The molecule has 0 amide bonds. The molecule has 0 radical (unpaired) electrons. The highest BCUT2D eigenvalue weighted by Crippen LogP contribution is 2.39. The summed E-state index contributed by atoms with van der Waals surface area (Å²) < 4.78 is 12.9. The van der Waals surface area contributed by atoms with Crippen LogP contribution >= 0.6 is 0 Å². The van der Waals surface area contributed by atoms with Crippen LogP contribution in [0.2, 0.25) is 0 Å². The van der Waals surface area contributed by atoms with Crippen LogP contribution in [0.1, 0.15) is 24.4 Å². The third kappa shape index (κ3) is 2.49. The van der Waals surface area contributed by atoms with Gasteiger partial charge < -0.3 is 14.4 Å². The Bertz CT molecular complexity index is 1030. The van der Waals surface area contributed by atoms with Gasteiger partial charge in [-0.05, 0) is 42.7 Å². The molecule has 2 aromatic heterocycles. The Balaban J connectivity index is 1.54. The summed E-state index contributed by atoms with van der Waals surface area (Å²) in [6, 6.07) is 13.5. The first-order chi connectivity index (χ1) is 12.8. The Labute approximate surface area is 150 Å². The van der Waals surface area contributed by atoms with Gasteiger partial charge in [-0.3, -0.25) is 9.20 Å². The van der Waals surface area contributed by atoms with Crippen molar-refractivity contribution in [1.29, 1.82) is 0 Å². The molecule has 0 aliphatic carbocycles. The standard InChI is InChI=1S/C20H19N3O3/c24-20-13-19(21-18-5-1-2-8-23(18)20)22-9-3-4-15(22)14-6-7-16-17(12-14)26-11-10-25-16/h1-2,5-8,12-13,15H,3-4,9-11H2/t15-/m1/s1. The van der Waals surface area contributed by atoms with Gasteiger partial charge in [0.05, 0.1) is 6.04 Å². The smallest absolute Gasteiger partial charge is 0.259 e. The second-order valence-electron chi connectivity index (χ2n) is 6.64. The second-order valence-corrected chi connectivity index (χ2v) is 6.64. The molecule has 0 N–H and O–H groups in total. The molecule has 5 rings (SSSR count). The second kappa shape index (κ2) is 6.05. The summed E-state index contributed by atoms with van der Waals surface area (Å²) in [5.41, 5.74) is 1.78.